The number of rotatable bonds is 3. The molecule has 1 fully saturated rings. The van der Waals surface area contributed by atoms with Gasteiger partial charge in [-0.05, 0) is 18.3 Å². The predicted molar refractivity (Wildman–Crippen MR) is 75.2 cm³/mol. The number of H-pyrrole nitrogens is 1. The summed E-state index contributed by atoms with van der Waals surface area (Å²) in [6.07, 6.45) is 7.46. The van der Waals surface area contributed by atoms with Gasteiger partial charge in [0.05, 0.1) is 0 Å². The number of piperidine rings is 1. The molecule has 1 aromatic heterocycles. The summed E-state index contributed by atoms with van der Waals surface area (Å²) in [7, 11) is 0. The minimum absolute atomic E-state index is 0.136. The Bertz CT molecular complexity index is 493. The monoisotopic (exact) mass is 262 g/mol. The van der Waals surface area contributed by atoms with Crippen molar-refractivity contribution in [2.45, 2.75) is 39.5 Å². The Hall–Kier alpha value is -1.58. The summed E-state index contributed by atoms with van der Waals surface area (Å²) in [5.74, 6) is -0.136. The average Bonchev–Trinajstić information content (AvgIpc) is 2.47. The van der Waals surface area contributed by atoms with Crippen molar-refractivity contribution >= 4 is 5.91 Å². The molecular formula is C15H22N2O2. The molecule has 4 nitrogen and oxygen atoms in total. The van der Waals surface area contributed by atoms with E-state index >= 15 is 0 Å². The van der Waals surface area contributed by atoms with Crippen molar-refractivity contribution in [3.05, 3.63) is 34.2 Å². The molecule has 1 saturated heterocycles. The van der Waals surface area contributed by atoms with Crippen LogP contribution in [0, 0.1) is 5.41 Å². The summed E-state index contributed by atoms with van der Waals surface area (Å²) >= 11 is 0. The smallest absolute Gasteiger partial charge is 0.259 e. The number of nitrogens with zero attached hydrogens (tertiary/aromatic N) is 1. The molecule has 2 rings (SSSR count). The molecule has 1 aliphatic rings. The normalized spacial score (nSPS) is 18.3. The molecule has 0 atom stereocenters. The van der Waals surface area contributed by atoms with Crippen molar-refractivity contribution in [2.75, 3.05) is 13.1 Å². The number of aromatic nitrogens is 1. The van der Waals surface area contributed by atoms with Crippen molar-refractivity contribution in [3.63, 3.8) is 0 Å². The SMILES string of the molecule is CCC1(CC)CCN(C(=O)c2c[nH]ccc2=O)CC1. The maximum Gasteiger partial charge on any atom is 0.259 e. The molecule has 0 unspecified atom stereocenters. The van der Waals surface area contributed by atoms with Gasteiger partial charge in [-0.3, -0.25) is 9.59 Å². The van der Waals surface area contributed by atoms with Crippen LogP contribution in [0.2, 0.25) is 0 Å². The van der Waals surface area contributed by atoms with Crippen LogP contribution in [0.4, 0.5) is 0 Å². The van der Waals surface area contributed by atoms with Crippen LogP contribution in [0.1, 0.15) is 49.9 Å². The first-order valence-electron chi connectivity index (χ1n) is 7.08. The summed E-state index contributed by atoms with van der Waals surface area (Å²) in [5.41, 5.74) is 0.439. The van der Waals surface area contributed by atoms with Crippen LogP contribution in [-0.4, -0.2) is 28.9 Å². The summed E-state index contributed by atoms with van der Waals surface area (Å²) in [6.45, 7) is 5.97. The van der Waals surface area contributed by atoms with E-state index in [1.807, 2.05) is 4.90 Å². The number of pyridine rings is 1. The topological polar surface area (TPSA) is 53.2 Å². The maximum absolute atomic E-state index is 12.3. The number of hydrogen-bond donors (Lipinski definition) is 1. The quantitative estimate of drug-likeness (QED) is 0.909. The molecule has 0 aromatic carbocycles. The van der Waals surface area contributed by atoms with E-state index in [0.29, 0.717) is 5.41 Å². The number of hydrogen-bond acceptors (Lipinski definition) is 2. The number of likely N-dealkylation sites (tertiary alicyclic amines) is 1. The van der Waals surface area contributed by atoms with Crippen LogP contribution in [0.5, 0.6) is 0 Å². The second kappa shape index (κ2) is 5.59. The summed E-state index contributed by atoms with van der Waals surface area (Å²) in [4.78, 5) is 28.6. The van der Waals surface area contributed by atoms with Crippen LogP contribution < -0.4 is 5.43 Å². The van der Waals surface area contributed by atoms with Gasteiger partial charge in [-0.2, -0.15) is 0 Å². The van der Waals surface area contributed by atoms with Crippen LogP contribution in [-0.2, 0) is 0 Å². The number of aromatic amines is 1. The predicted octanol–water partition coefficient (Wildman–Crippen LogP) is 2.42. The minimum Gasteiger partial charge on any atom is -0.367 e. The van der Waals surface area contributed by atoms with Gasteiger partial charge < -0.3 is 9.88 Å². The van der Waals surface area contributed by atoms with Crippen molar-refractivity contribution in [2.24, 2.45) is 5.41 Å². The fraction of sp³-hybridized carbons (Fsp3) is 0.600. The number of carbonyl (C=O) groups is 1. The van der Waals surface area contributed by atoms with E-state index < -0.39 is 0 Å². The summed E-state index contributed by atoms with van der Waals surface area (Å²) in [5, 5.41) is 0. The van der Waals surface area contributed by atoms with Gasteiger partial charge in [0.1, 0.15) is 5.56 Å². The minimum atomic E-state index is -0.202. The third-order valence-corrected chi connectivity index (χ3v) is 4.67. The lowest BCUT2D eigenvalue weighted by molar-refractivity contribution is 0.0556. The van der Waals surface area contributed by atoms with Gasteiger partial charge in [0.2, 0.25) is 0 Å². The summed E-state index contributed by atoms with van der Waals surface area (Å²) < 4.78 is 0. The van der Waals surface area contributed by atoms with E-state index in [1.165, 1.54) is 12.3 Å². The standard InChI is InChI=1S/C15H22N2O2/c1-3-15(4-2)6-9-17(10-7-15)14(19)12-11-16-8-5-13(12)18/h5,8,11H,3-4,6-7,9-10H2,1-2H3,(H,16,18). The summed E-state index contributed by atoms with van der Waals surface area (Å²) in [6, 6.07) is 1.40. The van der Waals surface area contributed by atoms with Crippen LogP contribution in [0.3, 0.4) is 0 Å². The Labute approximate surface area is 113 Å². The highest BCUT2D eigenvalue weighted by molar-refractivity contribution is 5.93. The zero-order chi connectivity index (χ0) is 13.9. The van der Waals surface area contributed by atoms with Gasteiger partial charge in [0, 0.05) is 31.5 Å². The van der Waals surface area contributed by atoms with Gasteiger partial charge in [-0.1, -0.05) is 26.7 Å². The molecule has 1 N–H and O–H groups in total. The molecule has 0 aliphatic carbocycles. The van der Waals surface area contributed by atoms with E-state index in [4.69, 9.17) is 0 Å². The third kappa shape index (κ3) is 2.72. The Morgan fingerprint density at radius 3 is 2.47 bits per heavy atom. The van der Waals surface area contributed by atoms with Crippen molar-refractivity contribution in [3.8, 4) is 0 Å². The second-order valence-corrected chi connectivity index (χ2v) is 5.42. The lowest BCUT2D eigenvalue weighted by Gasteiger charge is -2.40. The molecule has 19 heavy (non-hydrogen) atoms. The zero-order valence-electron chi connectivity index (χ0n) is 11.7. The zero-order valence-corrected chi connectivity index (χ0v) is 11.7. The molecule has 0 bridgehead atoms. The molecule has 104 valence electrons. The fourth-order valence-electron chi connectivity index (χ4n) is 2.89. The first kappa shape index (κ1) is 13.8. The molecule has 1 aliphatic heterocycles. The molecule has 4 heteroatoms. The first-order chi connectivity index (χ1) is 9.12. The van der Waals surface area contributed by atoms with Crippen LogP contribution >= 0.6 is 0 Å². The van der Waals surface area contributed by atoms with E-state index in [0.717, 1.165) is 38.8 Å². The van der Waals surface area contributed by atoms with Crippen molar-refractivity contribution in [1.82, 2.24) is 9.88 Å². The lowest BCUT2D eigenvalue weighted by atomic mass is 9.74. The number of nitrogens with one attached hydrogen (secondary N) is 1. The fourth-order valence-corrected chi connectivity index (χ4v) is 2.89. The van der Waals surface area contributed by atoms with Crippen molar-refractivity contribution < 1.29 is 4.79 Å². The molecule has 2 heterocycles. The lowest BCUT2D eigenvalue weighted by Crippen LogP contribution is -2.44. The second-order valence-electron chi connectivity index (χ2n) is 5.42. The Balaban J connectivity index is 2.08. The van der Waals surface area contributed by atoms with E-state index in [2.05, 4.69) is 18.8 Å². The molecule has 0 saturated carbocycles. The van der Waals surface area contributed by atoms with E-state index in [-0.39, 0.29) is 16.9 Å². The van der Waals surface area contributed by atoms with Gasteiger partial charge in [0.15, 0.2) is 5.43 Å². The molecule has 0 spiro atoms. The average molecular weight is 262 g/mol. The van der Waals surface area contributed by atoms with Crippen LogP contribution in [0.25, 0.3) is 0 Å². The van der Waals surface area contributed by atoms with E-state index in [9.17, 15) is 9.59 Å². The largest absolute Gasteiger partial charge is 0.367 e. The van der Waals surface area contributed by atoms with Crippen LogP contribution in [0.15, 0.2) is 23.3 Å². The van der Waals surface area contributed by atoms with Gasteiger partial charge in [-0.15, -0.1) is 0 Å². The number of amides is 1. The van der Waals surface area contributed by atoms with Gasteiger partial charge in [0.25, 0.3) is 5.91 Å². The van der Waals surface area contributed by atoms with Crippen molar-refractivity contribution in [1.29, 1.82) is 0 Å². The first-order valence-corrected chi connectivity index (χ1v) is 7.08. The van der Waals surface area contributed by atoms with Gasteiger partial charge in [-0.25, -0.2) is 0 Å². The molecule has 1 aromatic rings. The number of carbonyl (C=O) groups excluding carboxylic acids is 1. The molecule has 1 amide bonds. The maximum atomic E-state index is 12.3. The molecular weight excluding hydrogens is 240 g/mol. The Morgan fingerprint density at radius 2 is 1.95 bits per heavy atom. The highest BCUT2D eigenvalue weighted by Gasteiger charge is 2.33. The van der Waals surface area contributed by atoms with Gasteiger partial charge >= 0.3 is 0 Å². The Morgan fingerprint density at radius 1 is 1.32 bits per heavy atom. The highest BCUT2D eigenvalue weighted by Crippen LogP contribution is 2.37. The third-order valence-electron chi connectivity index (χ3n) is 4.67. The van der Waals surface area contributed by atoms with E-state index in [1.54, 1.807) is 6.20 Å². The highest BCUT2D eigenvalue weighted by atomic mass is 16.2. The Kier molecular flexibility index (Phi) is 4.08. The molecule has 0 radical (unpaired) electrons.